The van der Waals surface area contributed by atoms with E-state index < -0.39 is 10.1 Å². The summed E-state index contributed by atoms with van der Waals surface area (Å²) in [5.41, 5.74) is 2.32. The van der Waals surface area contributed by atoms with Crippen molar-refractivity contribution in [2.75, 3.05) is 6.26 Å². The van der Waals surface area contributed by atoms with Gasteiger partial charge in [0.1, 0.15) is 5.75 Å². The molecule has 0 aromatic heterocycles. The van der Waals surface area contributed by atoms with Crippen LogP contribution in [0.1, 0.15) is 25.8 Å². The molecule has 1 aromatic rings. The van der Waals surface area contributed by atoms with E-state index in [4.69, 9.17) is 4.18 Å². The third-order valence-corrected chi connectivity index (χ3v) is 2.70. The lowest BCUT2D eigenvalue weighted by atomic mass is 10.0. The fourth-order valence-electron chi connectivity index (χ4n) is 1.47. The molecule has 0 amide bonds. The second kappa shape index (κ2) is 5.16. The van der Waals surface area contributed by atoms with Gasteiger partial charge in [-0.25, -0.2) is 0 Å². The minimum atomic E-state index is -3.44. The van der Waals surface area contributed by atoms with Crippen LogP contribution in [0, 0.1) is 0 Å². The van der Waals surface area contributed by atoms with Crippen molar-refractivity contribution in [1.29, 1.82) is 0 Å². The molecule has 4 heteroatoms. The maximum atomic E-state index is 10.9. The van der Waals surface area contributed by atoms with E-state index in [9.17, 15) is 8.42 Å². The maximum Gasteiger partial charge on any atom is 0.306 e. The van der Waals surface area contributed by atoms with Gasteiger partial charge in [0.2, 0.25) is 0 Å². The van der Waals surface area contributed by atoms with Crippen LogP contribution in [0.25, 0.3) is 5.57 Å². The van der Waals surface area contributed by atoms with Gasteiger partial charge in [-0.2, -0.15) is 8.42 Å². The van der Waals surface area contributed by atoms with Gasteiger partial charge in [-0.3, -0.25) is 0 Å². The lowest BCUT2D eigenvalue weighted by Gasteiger charge is -2.06. The Morgan fingerprint density at radius 1 is 1.31 bits per heavy atom. The molecule has 16 heavy (non-hydrogen) atoms. The Bertz CT molecular complexity index is 469. The van der Waals surface area contributed by atoms with Crippen LogP contribution in [0.4, 0.5) is 0 Å². The molecule has 0 saturated heterocycles. The molecule has 0 saturated carbocycles. The normalized spacial score (nSPS) is 12.6. The molecule has 0 heterocycles. The third-order valence-electron chi connectivity index (χ3n) is 2.20. The van der Waals surface area contributed by atoms with Crippen LogP contribution in [-0.4, -0.2) is 14.7 Å². The van der Waals surface area contributed by atoms with E-state index in [1.54, 1.807) is 12.1 Å². The first-order valence-corrected chi connectivity index (χ1v) is 6.93. The minimum absolute atomic E-state index is 0.345. The average Bonchev–Trinajstić information content (AvgIpc) is 2.20. The van der Waals surface area contributed by atoms with Crippen molar-refractivity contribution >= 4 is 15.7 Å². The van der Waals surface area contributed by atoms with Gasteiger partial charge in [0.05, 0.1) is 6.26 Å². The van der Waals surface area contributed by atoms with Crippen molar-refractivity contribution in [3.63, 3.8) is 0 Å². The molecule has 0 aliphatic carbocycles. The number of hydrogen-bond donors (Lipinski definition) is 0. The quantitative estimate of drug-likeness (QED) is 0.760. The Hall–Kier alpha value is -1.29. The Kier molecular flexibility index (Phi) is 4.12. The Balaban J connectivity index is 2.92. The van der Waals surface area contributed by atoms with Crippen molar-refractivity contribution < 1.29 is 12.6 Å². The number of hydrogen-bond acceptors (Lipinski definition) is 3. The van der Waals surface area contributed by atoms with Crippen molar-refractivity contribution in [3.8, 4) is 5.75 Å². The summed E-state index contributed by atoms with van der Waals surface area (Å²) in [5, 5.41) is 0. The molecule has 0 radical (unpaired) electrons. The predicted octanol–water partition coefficient (Wildman–Crippen LogP) is 2.84. The van der Waals surface area contributed by atoms with Gasteiger partial charge >= 0.3 is 10.1 Å². The number of benzene rings is 1. The highest BCUT2D eigenvalue weighted by Gasteiger charge is 2.04. The van der Waals surface area contributed by atoms with Crippen LogP contribution in [0.5, 0.6) is 5.75 Å². The lowest BCUT2D eigenvalue weighted by Crippen LogP contribution is -2.05. The molecule has 1 rings (SSSR count). The Morgan fingerprint density at radius 3 is 2.25 bits per heavy atom. The average molecular weight is 240 g/mol. The highest BCUT2D eigenvalue weighted by molar-refractivity contribution is 7.86. The van der Waals surface area contributed by atoms with E-state index in [0.717, 1.165) is 18.2 Å². The summed E-state index contributed by atoms with van der Waals surface area (Å²) in [6.07, 6.45) is 4.03. The van der Waals surface area contributed by atoms with E-state index in [1.807, 2.05) is 25.1 Å². The third kappa shape index (κ3) is 3.70. The zero-order chi connectivity index (χ0) is 12.2. The molecule has 0 fully saturated rings. The monoisotopic (exact) mass is 240 g/mol. The van der Waals surface area contributed by atoms with Crippen LogP contribution < -0.4 is 4.18 Å². The second-order valence-corrected chi connectivity index (χ2v) is 5.05. The van der Waals surface area contributed by atoms with E-state index in [-0.39, 0.29) is 0 Å². The van der Waals surface area contributed by atoms with Crippen LogP contribution in [0.2, 0.25) is 0 Å². The first kappa shape index (κ1) is 12.8. The summed E-state index contributed by atoms with van der Waals surface area (Å²) in [6.45, 7) is 4.07. The van der Waals surface area contributed by atoms with Crippen LogP contribution in [0.3, 0.4) is 0 Å². The van der Waals surface area contributed by atoms with Gasteiger partial charge in [0, 0.05) is 0 Å². The summed E-state index contributed by atoms with van der Waals surface area (Å²) in [4.78, 5) is 0. The lowest BCUT2D eigenvalue weighted by molar-refractivity contribution is 0.493. The first-order chi connectivity index (χ1) is 7.46. The fourth-order valence-corrected chi connectivity index (χ4v) is 1.93. The SMILES string of the molecule is CC=C(CC)c1ccc(OS(C)(=O)=O)cc1. The smallest absolute Gasteiger partial charge is 0.306 e. The summed E-state index contributed by atoms with van der Waals surface area (Å²) in [5.74, 6) is 0.345. The van der Waals surface area contributed by atoms with Crippen LogP contribution in [0.15, 0.2) is 30.3 Å². The van der Waals surface area contributed by atoms with Crippen molar-refractivity contribution in [2.45, 2.75) is 20.3 Å². The highest BCUT2D eigenvalue weighted by atomic mass is 32.2. The Labute approximate surface area is 96.9 Å². The van der Waals surface area contributed by atoms with Crippen molar-refractivity contribution in [2.24, 2.45) is 0 Å². The molecular weight excluding hydrogens is 224 g/mol. The van der Waals surface area contributed by atoms with Gasteiger partial charge in [0.15, 0.2) is 0 Å². The maximum absolute atomic E-state index is 10.9. The molecule has 0 N–H and O–H groups in total. The molecule has 0 aliphatic rings. The molecule has 0 bridgehead atoms. The summed E-state index contributed by atoms with van der Waals surface area (Å²) >= 11 is 0. The molecule has 1 aromatic carbocycles. The molecule has 0 aliphatic heterocycles. The van der Waals surface area contributed by atoms with E-state index in [2.05, 4.69) is 6.92 Å². The minimum Gasteiger partial charge on any atom is -0.383 e. The molecule has 88 valence electrons. The molecular formula is C12H16O3S. The largest absolute Gasteiger partial charge is 0.383 e. The number of allylic oxidation sites excluding steroid dienone is 2. The zero-order valence-electron chi connectivity index (χ0n) is 9.73. The topological polar surface area (TPSA) is 43.4 Å². The van der Waals surface area contributed by atoms with Gasteiger partial charge in [-0.1, -0.05) is 25.1 Å². The van der Waals surface area contributed by atoms with Gasteiger partial charge < -0.3 is 4.18 Å². The predicted molar refractivity (Wildman–Crippen MR) is 65.9 cm³/mol. The zero-order valence-corrected chi connectivity index (χ0v) is 10.5. The highest BCUT2D eigenvalue weighted by Crippen LogP contribution is 2.21. The first-order valence-electron chi connectivity index (χ1n) is 5.11. The van der Waals surface area contributed by atoms with Crippen LogP contribution in [-0.2, 0) is 10.1 Å². The van der Waals surface area contributed by atoms with Gasteiger partial charge in [-0.15, -0.1) is 0 Å². The molecule has 3 nitrogen and oxygen atoms in total. The second-order valence-electron chi connectivity index (χ2n) is 3.48. The fraction of sp³-hybridized carbons (Fsp3) is 0.333. The Morgan fingerprint density at radius 2 is 1.88 bits per heavy atom. The molecule has 0 unspecified atom stereocenters. The molecule has 0 atom stereocenters. The van der Waals surface area contributed by atoms with Crippen molar-refractivity contribution in [1.82, 2.24) is 0 Å². The van der Waals surface area contributed by atoms with E-state index in [1.165, 1.54) is 5.57 Å². The van der Waals surface area contributed by atoms with Crippen LogP contribution >= 0.6 is 0 Å². The number of rotatable bonds is 4. The summed E-state index contributed by atoms with van der Waals surface area (Å²) < 4.78 is 26.6. The standard InChI is InChI=1S/C12H16O3S/c1-4-10(5-2)11-6-8-12(9-7-11)15-16(3,13)14/h4,6-9H,5H2,1-3H3. The van der Waals surface area contributed by atoms with Crippen molar-refractivity contribution in [3.05, 3.63) is 35.9 Å². The summed E-state index contributed by atoms with van der Waals surface area (Å²) in [6, 6.07) is 7.05. The summed E-state index contributed by atoms with van der Waals surface area (Å²) in [7, 11) is -3.44. The van der Waals surface area contributed by atoms with E-state index in [0.29, 0.717) is 5.75 Å². The van der Waals surface area contributed by atoms with E-state index >= 15 is 0 Å². The molecule has 0 spiro atoms. The van der Waals surface area contributed by atoms with Gasteiger partial charge in [-0.05, 0) is 36.6 Å². The van der Waals surface area contributed by atoms with Gasteiger partial charge in [0.25, 0.3) is 0 Å².